The molecule has 0 aromatic heterocycles. The Morgan fingerprint density at radius 2 is 1.82 bits per heavy atom. The van der Waals surface area contributed by atoms with Gasteiger partial charge >= 0.3 is 0 Å². The SMILES string of the molecule is CN1CCN(CCNc2ccc(S(=O)(=O)NC(C)(C)C)cc2[N+](=O)[O-])C(c2ccccc2)C1. The molecule has 1 atom stereocenters. The van der Waals surface area contributed by atoms with Crippen LogP contribution in [0.15, 0.2) is 53.4 Å². The Balaban J connectivity index is 1.72. The first kappa shape index (κ1) is 25.1. The molecule has 3 rings (SSSR count). The van der Waals surface area contributed by atoms with Crippen molar-refractivity contribution in [1.29, 1.82) is 0 Å². The number of nitrogens with zero attached hydrogens (tertiary/aromatic N) is 3. The maximum absolute atomic E-state index is 12.6. The van der Waals surface area contributed by atoms with E-state index in [-0.39, 0.29) is 16.6 Å². The summed E-state index contributed by atoms with van der Waals surface area (Å²) in [7, 11) is -1.76. The molecule has 0 bridgehead atoms. The van der Waals surface area contributed by atoms with Crippen LogP contribution >= 0.6 is 0 Å². The Hall–Kier alpha value is -2.53. The normalized spacial score (nSPS) is 18.2. The molecule has 33 heavy (non-hydrogen) atoms. The Morgan fingerprint density at radius 3 is 2.45 bits per heavy atom. The average molecular weight is 476 g/mol. The smallest absolute Gasteiger partial charge is 0.293 e. The van der Waals surface area contributed by atoms with Gasteiger partial charge in [-0.3, -0.25) is 15.0 Å². The van der Waals surface area contributed by atoms with Crippen LogP contribution in [0.1, 0.15) is 32.4 Å². The van der Waals surface area contributed by atoms with E-state index in [9.17, 15) is 18.5 Å². The fraction of sp³-hybridized carbons (Fsp3) is 0.478. The van der Waals surface area contributed by atoms with Gasteiger partial charge in [0.05, 0.1) is 9.82 Å². The number of piperazine rings is 1. The van der Waals surface area contributed by atoms with E-state index in [2.05, 4.69) is 39.0 Å². The van der Waals surface area contributed by atoms with E-state index in [1.165, 1.54) is 17.7 Å². The van der Waals surface area contributed by atoms with Gasteiger partial charge in [-0.15, -0.1) is 0 Å². The van der Waals surface area contributed by atoms with Crippen molar-refractivity contribution in [3.63, 3.8) is 0 Å². The fourth-order valence-corrected chi connectivity index (χ4v) is 5.43. The molecule has 1 heterocycles. The molecule has 180 valence electrons. The first-order chi connectivity index (χ1) is 15.5. The van der Waals surface area contributed by atoms with Gasteiger partial charge in [-0.05, 0) is 45.5 Å². The van der Waals surface area contributed by atoms with Crippen LogP contribution in [-0.2, 0) is 10.0 Å². The summed E-state index contributed by atoms with van der Waals surface area (Å²) in [6.45, 7) is 9.13. The predicted octanol–water partition coefficient (Wildman–Crippen LogP) is 3.07. The van der Waals surface area contributed by atoms with Gasteiger partial charge in [-0.1, -0.05) is 30.3 Å². The van der Waals surface area contributed by atoms with Crippen LogP contribution in [0.4, 0.5) is 11.4 Å². The minimum atomic E-state index is -3.87. The summed E-state index contributed by atoms with van der Waals surface area (Å²) in [5.41, 5.74) is 0.600. The number of nitrogens with one attached hydrogen (secondary N) is 2. The van der Waals surface area contributed by atoms with Gasteiger partial charge in [-0.2, -0.15) is 0 Å². The summed E-state index contributed by atoms with van der Waals surface area (Å²) >= 11 is 0. The van der Waals surface area contributed by atoms with Crippen molar-refractivity contribution < 1.29 is 13.3 Å². The van der Waals surface area contributed by atoms with Crippen molar-refractivity contribution in [2.45, 2.75) is 37.2 Å². The number of nitro groups is 1. The summed E-state index contributed by atoms with van der Waals surface area (Å²) < 4.78 is 27.7. The summed E-state index contributed by atoms with van der Waals surface area (Å²) in [5.74, 6) is 0. The van der Waals surface area contributed by atoms with Gasteiger partial charge in [0.1, 0.15) is 5.69 Å². The van der Waals surface area contributed by atoms with E-state index in [1.54, 1.807) is 20.8 Å². The summed E-state index contributed by atoms with van der Waals surface area (Å²) in [5, 5.41) is 14.8. The largest absolute Gasteiger partial charge is 0.378 e. The number of hydrogen-bond acceptors (Lipinski definition) is 7. The zero-order valence-electron chi connectivity index (χ0n) is 19.6. The van der Waals surface area contributed by atoms with E-state index in [4.69, 9.17) is 0 Å². The molecule has 1 aliphatic rings. The third-order valence-electron chi connectivity index (χ3n) is 5.51. The van der Waals surface area contributed by atoms with Crippen LogP contribution in [-0.4, -0.2) is 68.5 Å². The van der Waals surface area contributed by atoms with E-state index in [0.717, 1.165) is 25.7 Å². The van der Waals surface area contributed by atoms with E-state index < -0.39 is 20.5 Å². The topological polar surface area (TPSA) is 108 Å². The molecule has 0 radical (unpaired) electrons. The first-order valence-electron chi connectivity index (χ1n) is 11.0. The van der Waals surface area contributed by atoms with Crippen LogP contribution in [0.25, 0.3) is 0 Å². The van der Waals surface area contributed by atoms with Crippen LogP contribution in [0, 0.1) is 10.1 Å². The molecule has 2 aromatic carbocycles. The lowest BCUT2D eigenvalue weighted by atomic mass is 10.0. The highest BCUT2D eigenvalue weighted by atomic mass is 32.2. The summed E-state index contributed by atoms with van der Waals surface area (Å²) in [6, 6.07) is 14.5. The number of sulfonamides is 1. The predicted molar refractivity (Wildman–Crippen MR) is 130 cm³/mol. The molecular weight excluding hydrogens is 442 g/mol. The zero-order valence-corrected chi connectivity index (χ0v) is 20.4. The van der Waals surface area contributed by atoms with Crippen molar-refractivity contribution in [3.8, 4) is 0 Å². The molecule has 9 nitrogen and oxygen atoms in total. The van der Waals surface area contributed by atoms with Crippen molar-refractivity contribution in [1.82, 2.24) is 14.5 Å². The number of anilines is 1. The van der Waals surface area contributed by atoms with Gasteiger partial charge in [0.25, 0.3) is 5.69 Å². The van der Waals surface area contributed by atoms with Crippen LogP contribution < -0.4 is 10.0 Å². The third kappa shape index (κ3) is 6.73. The van der Waals surface area contributed by atoms with Gasteiger partial charge in [0.15, 0.2) is 0 Å². The fourth-order valence-electron chi connectivity index (χ4n) is 3.99. The molecule has 0 amide bonds. The summed E-state index contributed by atoms with van der Waals surface area (Å²) in [4.78, 5) is 15.7. The quantitative estimate of drug-likeness (QED) is 0.446. The maximum atomic E-state index is 12.6. The second-order valence-electron chi connectivity index (χ2n) is 9.44. The molecule has 0 aliphatic carbocycles. The number of hydrogen-bond donors (Lipinski definition) is 2. The standard InChI is InChI=1S/C23H33N5O4S/c1-23(2,3)25-33(31,32)19-10-11-20(21(16-19)28(29)30)24-12-13-27-15-14-26(4)17-22(27)18-8-6-5-7-9-18/h5-11,16,22,24-25H,12-15,17H2,1-4H3. The van der Waals surface area contributed by atoms with E-state index in [1.807, 2.05) is 18.2 Å². The maximum Gasteiger partial charge on any atom is 0.293 e. The zero-order chi connectivity index (χ0) is 24.2. The van der Waals surface area contributed by atoms with Crippen LogP contribution in [0.5, 0.6) is 0 Å². The lowest BCUT2D eigenvalue weighted by Crippen LogP contribution is -2.48. The molecule has 2 aromatic rings. The lowest BCUT2D eigenvalue weighted by molar-refractivity contribution is -0.384. The number of nitro benzene ring substituents is 1. The van der Waals surface area contributed by atoms with Crippen molar-refractivity contribution >= 4 is 21.4 Å². The Morgan fingerprint density at radius 1 is 1.12 bits per heavy atom. The van der Waals surface area contributed by atoms with Crippen LogP contribution in [0.3, 0.4) is 0 Å². The minimum absolute atomic E-state index is 0.127. The number of benzene rings is 2. The van der Waals surface area contributed by atoms with E-state index in [0.29, 0.717) is 18.8 Å². The highest BCUT2D eigenvalue weighted by Crippen LogP contribution is 2.29. The molecule has 10 heteroatoms. The lowest BCUT2D eigenvalue weighted by Gasteiger charge is -2.40. The molecule has 1 saturated heterocycles. The van der Waals surface area contributed by atoms with Crippen LogP contribution in [0.2, 0.25) is 0 Å². The minimum Gasteiger partial charge on any atom is -0.378 e. The Labute approximate surface area is 196 Å². The van der Waals surface area contributed by atoms with Gasteiger partial charge in [0, 0.05) is 50.4 Å². The Bertz CT molecular complexity index is 1070. The Kier molecular flexibility index (Phi) is 7.73. The van der Waals surface area contributed by atoms with E-state index >= 15 is 0 Å². The highest BCUT2D eigenvalue weighted by molar-refractivity contribution is 7.89. The third-order valence-corrected chi connectivity index (χ3v) is 7.27. The average Bonchev–Trinajstić information content (AvgIpc) is 2.73. The van der Waals surface area contributed by atoms with Gasteiger partial charge < -0.3 is 10.2 Å². The highest BCUT2D eigenvalue weighted by Gasteiger charge is 2.27. The molecule has 2 N–H and O–H groups in total. The molecule has 0 saturated carbocycles. The molecular formula is C23H33N5O4S. The monoisotopic (exact) mass is 475 g/mol. The second kappa shape index (κ2) is 10.2. The van der Waals surface area contributed by atoms with Crippen molar-refractivity contribution in [2.75, 3.05) is 45.1 Å². The van der Waals surface area contributed by atoms with Gasteiger partial charge in [-0.25, -0.2) is 13.1 Å². The molecule has 0 spiro atoms. The first-order valence-corrected chi connectivity index (χ1v) is 12.5. The number of likely N-dealkylation sites (N-methyl/N-ethyl adjacent to an activating group) is 1. The van der Waals surface area contributed by atoms with Crippen molar-refractivity contribution in [3.05, 3.63) is 64.2 Å². The molecule has 1 aliphatic heterocycles. The van der Waals surface area contributed by atoms with Gasteiger partial charge in [0.2, 0.25) is 10.0 Å². The number of rotatable bonds is 8. The molecule has 1 fully saturated rings. The second-order valence-corrected chi connectivity index (χ2v) is 11.1. The molecule has 1 unspecified atom stereocenters. The summed E-state index contributed by atoms with van der Waals surface area (Å²) in [6.07, 6.45) is 0. The van der Waals surface area contributed by atoms with Crippen molar-refractivity contribution in [2.24, 2.45) is 0 Å².